The van der Waals surface area contributed by atoms with Crippen molar-refractivity contribution in [2.75, 3.05) is 45.3 Å². The molecule has 0 atom stereocenters. The van der Waals surface area contributed by atoms with Crippen LogP contribution >= 0.6 is 0 Å². The van der Waals surface area contributed by atoms with Crippen LogP contribution in [0.1, 0.15) is 6.92 Å². The van der Waals surface area contributed by atoms with E-state index >= 15 is 0 Å². The van der Waals surface area contributed by atoms with E-state index in [1.54, 1.807) is 16.8 Å². The number of anilines is 1. The molecule has 0 radical (unpaired) electrons. The van der Waals surface area contributed by atoms with Gasteiger partial charge in [0.2, 0.25) is 10.0 Å². The molecule has 0 aliphatic carbocycles. The van der Waals surface area contributed by atoms with Crippen molar-refractivity contribution in [2.24, 2.45) is 0 Å². The molecule has 4 rings (SSSR count). The molecule has 0 bridgehead atoms. The Balaban J connectivity index is 1.57. The van der Waals surface area contributed by atoms with E-state index in [0.717, 1.165) is 0 Å². The number of sulfonamides is 1. The SMILES string of the molecule is CCn1nnc2c(N3CCN(S(=O)(=O)c4cc(OC)ccc4OC)CC3)ncnc21. The average molecular weight is 433 g/mol. The molecular weight excluding hydrogens is 410 g/mol. The Morgan fingerprint density at radius 3 is 2.50 bits per heavy atom. The van der Waals surface area contributed by atoms with Gasteiger partial charge < -0.3 is 14.4 Å². The second-order valence-electron chi connectivity index (χ2n) is 6.68. The highest BCUT2D eigenvalue weighted by Crippen LogP contribution is 2.31. The topological polar surface area (TPSA) is 116 Å². The van der Waals surface area contributed by atoms with Gasteiger partial charge in [0.05, 0.1) is 14.2 Å². The zero-order valence-electron chi connectivity index (χ0n) is 17.0. The van der Waals surface area contributed by atoms with Gasteiger partial charge in [-0.25, -0.2) is 23.1 Å². The Kier molecular flexibility index (Phi) is 5.43. The molecule has 0 spiro atoms. The van der Waals surface area contributed by atoms with Gasteiger partial charge in [-0.1, -0.05) is 5.21 Å². The maximum atomic E-state index is 13.3. The van der Waals surface area contributed by atoms with Crippen molar-refractivity contribution in [3.05, 3.63) is 24.5 Å². The lowest BCUT2D eigenvalue weighted by molar-refractivity contribution is 0.370. The predicted molar refractivity (Wildman–Crippen MR) is 109 cm³/mol. The van der Waals surface area contributed by atoms with Crippen LogP contribution in [0.3, 0.4) is 0 Å². The number of rotatable bonds is 6. The third kappa shape index (κ3) is 3.41. The number of hydrogen-bond acceptors (Lipinski definition) is 9. The second-order valence-corrected chi connectivity index (χ2v) is 8.59. The fraction of sp³-hybridized carbons (Fsp3) is 0.444. The molecule has 0 N–H and O–H groups in total. The largest absolute Gasteiger partial charge is 0.497 e. The maximum Gasteiger partial charge on any atom is 0.247 e. The molecule has 1 fully saturated rings. The van der Waals surface area contributed by atoms with Crippen molar-refractivity contribution in [2.45, 2.75) is 18.4 Å². The van der Waals surface area contributed by atoms with Crippen molar-refractivity contribution in [1.82, 2.24) is 29.3 Å². The van der Waals surface area contributed by atoms with E-state index in [1.165, 1.54) is 30.9 Å². The van der Waals surface area contributed by atoms with E-state index in [0.29, 0.717) is 55.5 Å². The zero-order valence-corrected chi connectivity index (χ0v) is 17.8. The molecule has 0 saturated carbocycles. The fourth-order valence-electron chi connectivity index (χ4n) is 3.49. The van der Waals surface area contributed by atoms with Gasteiger partial charge in [0.15, 0.2) is 17.0 Å². The minimum atomic E-state index is -3.75. The summed E-state index contributed by atoms with van der Waals surface area (Å²) < 4.78 is 40.1. The molecule has 12 heteroatoms. The highest BCUT2D eigenvalue weighted by molar-refractivity contribution is 7.89. The monoisotopic (exact) mass is 433 g/mol. The van der Waals surface area contributed by atoms with E-state index in [1.807, 2.05) is 11.8 Å². The van der Waals surface area contributed by atoms with Crippen molar-refractivity contribution in [3.8, 4) is 11.5 Å². The van der Waals surface area contributed by atoms with E-state index < -0.39 is 10.0 Å². The van der Waals surface area contributed by atoms with Crippen molar-refractivity contribution < 1.29 is 17.9 Å². The number of aryl methyl sites for hydroxylation is 1. The average Bonchev–Trinajstić information content (AvgIpc) is 3.22. The number of fused-ring (bicyclic) bond motifs is 1. The molecule has 1 aromatic carbocycles. The van der Waals surface area contributed by atoms with E-state index in [-0.39, 0.29) is 10.6 Å². The summed E-state index contributed by atoms with van der Waals surface area (Å²) >= 11 is 0. The smallest absolute Gasteiger partial charge is 0.247 e. The summed E-state index contributed by atoms with van der Waals surface area (Å²) in [6.45, 7) is 4.16. The van der Waals surface area contributed by atoms with Gasteiger partial charge in [0, 0.05) is 38.8 Å². The second kappa shape index (κ2) is 8.03. The summed E-state index contributed by atoms with van der Waals surface area (Å²) in [5.41, 5.74) is 1.28. The number of ether oxygens (including phenoxy) is 2. The summed E-state index contributed by atoms with van der Waals surface area (Å²) in [6, 6.07) is 4.74. The van der Waals surface area contributed by atoms with Gasteiger partial charge in [-0.2, -0.15) is 4.31 Å². The first-order valence-corrected chi connectivity index (χ1v) is 10.9. The summed E-state index contributed by atoms with van der Waals surface area (Å²) in [4.78, 5) is 10.7. The van der Waals surface area contributed by atoms with Crippen molar-refractivity contribution in [3.63, 3.8) is 0 Å². The third-order valence-electron chi connectivity index (χ3n) is 5.11. The van der Waals surface area contributed by atoms with Gasteiger partial charge in [0.25, 0.3) is 0 Å². The predicted octanol–water partition coefficient (Wildman–Crippen LogP) is 0.769. The maximum absolute atomic E-state index is 13.3. The molecule has 1 aliphatic rings. The van der Waals surface area contributed by atoms with Gasteiger partial charge in [-0.15, -0.1) is 5.10 Å². The summed E-state index contributed by atoms with van der Waals surface area (Å²) in [5, 5.41) is 8.31. The summed E-state index contributed by atoms with van der Waals surface area (Å²) in [5.74, 6) is 1.40. The van der Waals surface area contributed by atoms with E-state index in [9.17, 15) is 8.42 Å². The standard InChI is InChI=1S/C18H23N7O4S/c1-4-25-18-16(21-22-25)17(19-12-20-18)23-7-9-24(10-8-23)30(26,27)15-11-13(28-2)5-6-14(15)29-3/h5-6,11-12H,4,7-10H2,1-3H3. The molecule has 11 nitrogen and oxygen atoms in total. The quantitative estimate of drug-likeness (QED) is 0.556. The Morgan fingerprint density at radius 2 is 1.83 bits per heavy atom. The highest BCUT2D eigenvalue weighted by atomic mass is 32.2. The number of benzene rings is 1. The fourth-order valence-corrected chi connectivity index (χ4v) is 5.08. The molecule has 1 saturated heterocycles. The molecule has 0 amide bonds. The number of hydrogen-bond donors (Lipinski definition) is 0. The lowest BCUT2D eigenvalue weighted by atomic mass is 10.3. The first-order chi connectivity index (χ1) is 14.5. The van der Waals surface area contributed by atoms with Crippen LogP contribution in [0.2, 0.25) is 0 Å². The molecule has 30 heavy (non-hydrogen) atoms. The molecule has 2 aromatic heterocycles. The Morgan fingerprint density at radius 1 is 1.07 bits per heavy atom. The lowest BCUT2D eigenvalue weighted by Crippen LogP contribution is -2.49. The van der Waals surface area contributed by atoms with E-state index in [2.05, 4.69) is 20.3 Å². The van der Waals surface area contributed by atoms with Crippen LogP contribution < -0.4 is 14.4 Å². The lowest BCUT2D eigenvalue weighted by Gasteiger charge is -2.34. The van der Waals surface area contributed by atoms with E-state index in [4.69, 9.17) is 9.47 Å². The summed E-state index contributed by atoms with van der Waals surface area (Å²) in [7, 11) is -0.807. The highest BCUT2D eigenvalue weighted by Gasteiger charge is 2.32. The van der Waals surface area contributed by atoms with Crippen LogP contribution in [0.5, 0.6) is 11.5 Å². The van der Waals surface area contributed by atoms with Crippen LogP contribution in [-0.2, 0) is 16.6 Å². The molecule has 0 unspecified atom stereocenters. The molecule has 3 aromatic rings. The minimum Gasteiger partial charge on any atom is -0.497 e. The molecule has 3 heterocycles. The number of nitrogens with zero attached hydrogens (tertiary/aromatic N) is 7. The molecular formula is C18H23N7O4S. The first kappa shape index (κ1) is 20.3. The number of methoxy groups -OCH3 is 2. The summed E-state index contributed by atoms with van der Waals surface area (Å²) in [6.07, 6.45) is 1.48. The van der Waals surface area contributed by atoms with Crippen LogP contribution in [0.4, 0.5) is 5.82 Å². The molecule has 1 aliphatic heterocycles. The normalized spacial score (nSPS) is 15.5. The van der Waals surface area contributed by atoms with Crippen LogP contribution in [-0.4, -0.2) is 78.1 Å². The Labute approximate surface area is 174 Å². The van der Waals surface area contributed by atoms with Crippen LogP contribution in [0.25, 0.3) is 11.2 Å². The van der Waals surface area contributed by atoms with Gasteiger partial charge in [-0.05, 0) is 19.1 Å². The van der Waals surface area contributed by atoms with Crippen molar-refractivity contribution >= 4 is 27.0 Å². The van der Waals surface area contributed by atoms with Crippen LogP contribution in [0.15, 0.2) is 29.4 Å². The zero-order chi connectivity index (χ0) is 21.3. The van der Waals surface area contributed by atoms with Crippen molar-refractivity contribution in [1.29, 1.82) is 0 Å². The Hall–Kier alpha value is -2.99. The van der Waals surface area contributed by atoms with Gasteiger partial charge >= 0.3 is 0 Å². The third-order valence-corrected chi connectivity index (χ3v) is 7.03. The minimum absolute atomic E-state index is 0.0908. The van der Waals surface area contributed by atoms with Gasteiger partial charge in [-0.3, -0.25) is 0 Å². The Bertz CT molecular complexity index is 1160. The number of piperazine rings is 1. The first-order valence-electron chi connectivity index (χ1n) is 9.51. The molecule has 160 valence electrons. The van der Waals surface area contributed by atoms with Crippen LogP contribution in [0, 0.1) is 0 Å². The number of aromatic nitrogens is 5. The van der Waals surface area contributed by atoms with Gasteiger partial charge in [0.1, 0.15) is 22.7 Å².